The zero-order chi connectivity index (χ0) is 10.8. The summed E-state index contributed by atoms with van der Waals surface area (Å²) in [5.74, 6) is -1.71. The third-order valence-corrected chi connectivity index (χ3v) is 3.49. The van der Waals surface area contributed by atoms with Gasteiger partial charge in [0.15, 0.2) is 16.0 Å². The highest BCUT2D eigenvalue weighted by Gasteiger charge is 2.06. The van der Waals surface area contributed by atoms with Crippen molar-refractivity contribution in [3.63, 3.8) is 0 Å². The van der Waals surface area contributed by atoms with E-state index in [1.54, 1.807) is 0 Å². The third-order valence-electron chi connectivity index (χ3n) is 1.60. The van der Waals surface area contributed by atoms with Crippen LogP contribution in [0.15, 0.2) is 33.6 Å². The average Bonchev–Trinajstić information content (AvgIpc) is 2.58. The molecular formula is C9H6F2N2S2. The van der Waals surface area contributed by atoms with E-state index in [1.807, 2.05) is 0 Å². The molecule has 0 saturated carbocycles. The minimum Gasteiger partial charge on any atom is -0.389 e. The standard InChI is InChI=1S/C9H6F2N2S2/c10-6-2-1-5(3-7(6)11)14-9-13-4-8(12)15-9/h1-4H,12H2. The van der Waals surface area contributed by atoms with Gasteiger partial charge in [-0.3, -0.25) is 0 Å². The van der Waals surface area contributed by atoms with Crippen molar-refractivity contribution >= 4 is 28.1 Å². The molecule has 1 aromatic heterocycles. The van der Waals surface area contributed by atoms with Gasteiger partial charge in [-0.05, 0) is 18.2 Å². The van der Waals surface area contributed by atoms with Crippen molar-refractivity contribution in [3.8, 4) is 0 Å². The van der Waals surface area contributed by atoms with Gasteiger partial charge in [-0.15, -0.1) is 0 Å². The Labute approximate surface area is 93.1 Å². The molecule has 0 aliphatic heterocycles. The molecule has 6 heteroatoms. The summed E-state index contributed by atoms with van der Waals surface area (Å²) in [7, 11) is 0. The lowest BCUT2D eigenvalue weighted by Gasteiger charge is -1.98. The highest BCUT2D eigenvalue weighted by Crippen LogP contribution is 2.32. The lowest BCUT2D eigenvalue weighted by molar-refractivity contribution is 0.506. The van der Waals surface area contributed by atoms with Crippen LogP contribution in [0.2, 0.25) is 0 Å². The van der Waals surface area contributed by atoms with Crippen LogP contribution in [0.3, 0.4) is 0 Å². The number of hydrogen-bond donors (Lipinski definition) is 1. The molecule has 2 rings (SSSR count). The van der Waals surface area contributed by atoms with E-state index < -0.39 is 11.6 Å². The molecule has 2 nitrogen and oxygen atoms in total. The minimum atomic E-state index is -0.857. The summed E-state index contributed by atoms with van der Waals surface area (Å²) >= 11 is 2.56. The zero-order valence-corrected chi connectivity index (χ0v) is 9.04. The number of anilines is 1. The van der Waals surface area contributed by atoms with Crippen molar-refractivity contribution in [1.29, 1.82) is 0 Å². The molecular weight excluding hydrogens is 238 g/mol. The first-order chi connectivity index (χ1) is 7.15. The quantitative estimate of drug-likeness (QED) is 0.882. The number of hydrogen-bond acceptors (Lipinski definition) is 4. The van der Waals surface area contributed by atoms with E-state index in [4.69, 9.17) is 5.73 Å². The topological polar surface area (TPSA) is 38.9 Å². The van der Waals surface area contributed by atoms with Gasteiger partial charge in [-0.2, -0.15) is 0 Å². The Morgan fingerprint density at radius 2 is 2.07 bits per heavy atom. The van der Waals surface area contributed by atoms with Gasteiger partial charge in [0.2, 0.25) is 0 Å². The van der Waals surface area contributed by atoms with Crippen LogP contribution >= 0.6 is 23.1 Å². The molecule has 2 aromatic rings. The molecule has 2 N–H and O–H groups in total. The van der Waals surface area contributed by atoms with Gasteiger partial charge >= 0.3 is 0 Å². The van der Waals surface area contributed by atoms with Crippen LogP contribution in [0, 0.1) is 11.6 Å². The van der Waals surface area contributed by atoms with E-state index >= 15 is 0 Å². The van der Waals surface area contributed by atoms with Crippen LogP contribution in [0.4, 0.5) is 13.8 Å². The molecule has 0 radical (unpaired) electrons. The molecule has 15 heavy (non-hydrogen) atoms. The second-order valence-electron chi connectivity index (χ2n) is 2.71. The van der Waals surface area contributed by atoms with Crippen molar-refractivity contribution in [2.24, 2.45) is 0 Å². The van der Waals surface area contributed by atoms with E-state index in [2.05, 4.69) is 4.98 Å². The SMILES string of the molecule is Nc1cnc(Sc2ccc(F)c(F)c2)s1. The van der Waals surface area contributed by atoms with E-state index in [-0.39, 0.29) is 0 Å². The van der Waals surface area contributed by atoms with Crippen LogP contribution in [0.1, 0.15) is 0 Å². The highest BCUT2D eigenvalue weighted by molar-refractivity contribution is 8.01. The van der Waals surface area contributed by atoms with Crippen molar-refractivity contribution in [2.45, 2.75) is 9.24 Å². The largest absolute Gasteiger partial charge is 0.389 e. The first-order valence-corrected chi connectivity index (χ1v) is 5.62. The minimum absolute atomic E-state index is 0.597. The fraction of sp³-hybridized carbons (Fsp3) is 0. The van der Waals surface area contributed by atoms with Crippen LogP contribution in [-0.4, -0.2) is 4.98 Å². The predicted molar refractivity (Wildman–Crippen MR) is 57.0 cm³/mol. The van der Waals surface area contributed by atoms with E-state index in [0.717, 1.165) is 12.1 Å². The van der Waals surface area contributed by atoms with Crippen molar-refractivity contribution < 1.29 is 8.78 Å². The fourth-order valence-corrected chi connectivity index (χ4v) is 2.72. The van der Waals surface area contributed by atoms with Crippen LogP contribution in [0.5, 0.6) is 0 Å². The fourth-order valence-electron chi connectivity index (χ4n) is 0.958. The van der Waals surface area contributed by atoms with E-state index in [1.165, 1.54) is 35.4 Å². The molecule has 0 aliphatic carbocycles. The molecule has 0 atom stereocenters. The molecule has 78 valence electrons. The van der Waals surface area contributed by atoms with Gasteiger partial charge in [0.25, 0.3) is 0 Å². The molecule has 0 spiro atoms. The second kappa shape index (κ2) is 4.16. The van der Waals surface area contributed by atoms with Crippen molar-refractivity contribution in [2.75, 3.05) is 5.73 Å². The summed E-state index contributed by atoms with van der Waals surface area (Å²) < 4.78 is 26.2. The Morgan fingerprint density at radius 3 is 2.67 bits per heavy atom. The molecule has 0 unspecified atom stereocenters. The van der Waals surface area contributed by atoms with Gasteiger partial charge < -0.3 is 5.73 Å². The second-order valence-corrected chi connectivity index (χ2v) is 5.09. The number of thiazole rings is 1. The van der Waals surface area contributed by atoms with Crippen LogP contribution in [0.25, 0.3) is 0 Å². The lowest BCUT2D eigenvalue weighted by Crippen LogP contribution is -1.82. The Morgan fingerprint density at radius 1 is 1.27 bits per heavy atom. The molecule has 0 fully saturated rings. The molecule has 0 aliphatic rings. The molecule has 0 saturated heterocycles. The maximum Gasteiger partial charge on any atom is 0.159 e. The number of aromatic nitrogens is 1. The number of nitrogens with zero attached hydrogens (tertiary/aromatic N) is 1. The normalized spacial score (nSPS) is 10.5. The first-order valence-electron chi connectivity index (χ1n) is 3.99. The monoisotopic (exact) mass is 244 g/mol. The van der Waals surface area contributed by atoms with Crippen molar-refractivity contribution in [1.82, 2.24) is 4.98 Å². The lowest BCUT2D eigenvalue weighted by atomic mass is 10.3. The first kappa shape index (κ1) is 10.4. The van der Waals surface area contributed by atoms with Gasteiger partial charge in [-0.25, -0.2) is 13.8 Å². The molecule has 1 heterocycles. The summed E-state index contributed by atoms with van der Waals surface area (Å²) in [5.41, 5.74) is 5.49. The number of nitrogen functional groups attached to an aromatic ring is 1. The molecule has 0 bridgehead atoms. The van der Waals surface area contributed by atoms with Gasteiger partial charge in [-0.1, -0.05) is 23.1 Å². The van der Waals surface area contributed by atoms with Crippen LogP contribution in [-0.2, 0) is 0 Å². The number of nitrogens with two attached hydrogens (primary N) is 1. The molecule has 1 aromatic carbocycles. The Hall–Kier alpha value is -1.14. The summed E-state index contributed by atoms with van der Waals surface area (Å²) in [5, 5.41) is 0.597. The third kappa shape index (κ3) is 2.45. The van der Waals surface area contributed by atoms with E-state index in [9.17, 15) is 8.78 Å². The number of rotatable bonds is 2. The smallest absolute Gasteiger partial charge is 0.159 e. The van der Waals surface area contributed by atoms with Crippen molar-refractivity contribution in [3.05, 3.63) is 36.0 Å². The summed E-state index contributed by atoms with van der Waals surface area (Å²) in [6.07, 6.45) is 1.53. The van der Waals surface area contributed by atoms with Crippen LogP contribution < -0.4 is 5.73 Å². The molecule has 0 amide bonds. The summed E-state index contributed by atoms with van der Waals surface area (Å²) in [6.45, 7) is 0. The summed E-state index contributed by atoms with van der Waals surface area (Å²) in [6, 6.07) is 3.73. The Bertz CT molecular complexity index is 485. The number of halogens is 2. The zero-order valence-electron chi connectivity index (χ0n) is 7.41. The average molecular weight is 244 g/mol. The van der Waals surface area contributed by atoms with Gasteiger partial charge in [0.1, 0.15) is 5.00 Å². The van der Waals surface area contributed by atoms with Gasteiger partial charge in [0, 0.05) is 4.90 Å². The Balaban J connectivity index is 2.21. The van der Waals surface area contributed by atoms with E-state index in [0.29, 0.717) is 14.2 Å². The highest BCUT2D eigenvalue weighted by atomic mass is 32.2. The maximum absolute atomic E-state index is 12.9. The van der Waals surface area contributed by atoms with Gasteiger partial charge in [0.05, 0.1) is 6.20 Å². The Kier molecular flexibility index (Phi) is 2.88. The summed E-state index contributed by atoms with van der Waals surface area (Å²) in [4.78, 5) is 4.60. The maximum atomic E-state index is 12.9. The predicted octanol–water partition coefficient (Wildman–Crippen LogP) is 3.15. The number of benzene rings is 1.